The van der Waals surface area contributed by atoms with E-state index in [1.165, 1.54) is 12.1 Å². The zero-order chi connectivity index (χ0) is 24.7. The van der Waals surface area contributed by atoms with Crippen LogP contribution >= 0.6 is 11.6 Å². The first-order chi connectivity index (χ1) is 16.2. The van der Waals surface area contributed by atoms with Crippen molar-refractivity contribution in [2.45, 2.75) is 13.3 Å². The second-order valence-electron chi connectivity index (χ2n) is 7.55. The molecule has 178 valence electrons. The maximum atomic E-state index is 13.0. The van der Waals surface area contributed by atoms with E-state index in [0.717, 1.165) is 17.0 Å². The van der Waals surface area contributed by atoms with Gasteiger partial charge in [0, 0.05) is 16.1 Å². The number of nitrogens with one attached hydrogen (secondary N) is 1. The minimum absolute atomic E-state index is 0.204. The lowest BCUT2D eigenvalue weighted by atomic mass is 10.0. The van der Waals surface area contributed by atoms with Gasteiger partial charge in [-0.2, -0.15) is 0 Å². The van der Waals surface area contributed by atoms with Crippen molar-refractivity contribution in [3.05, 3.63) is 88.9 Å². The van der Waals surface area contributed by atoms with E-state index < -0.39 is 22.5 Å². The molecule has 3 aromatic carbocycles. The molecule has 1 amide bonds. The first-order valence-electron chi connectivity index (χ1n) is 10.6. The summed E-state index contributed by atoms with van der Waals surface area (Å²) in [5.41, 5.74) is 1.19. The summed E-state index contributed by atoms with van der Waals surface area (Å²) in [5.74, 6) is -0.323. The van der Waals surface area contributed by atoms with Gasteiger partial charge in [0.2, 0.25) is 15.9 Å². The van der Waals surface area contributed by atoms with Crippen LogP contribution in [-0.2, 0) is 14.8 Å². The third-order valence-corrected chi connectivity index (χ3v) is 6.20. The summed E-state index contributed by atoms with van der Waals surface area (Å²) in [7, 11) is -3.77. The number of halogens is 1. The number of hydrogen-bond donors (Lipinski definition) is 1. The summed E-state index contributed by atoms with van der Waals surface area (Å²) >= 11 is 6.09. The predicted octanol–water partition coefficient (Wildman–Crippen LogP) is 4.76. The number of carbonyl (C=O) groups excluding carboxylic acids is 2. The number of amides is 1. The molecular formula is C25H25ClN2O5S. The fraction of sp³-hybridized carbons (Fsp3) is 0.200. The molecule has 0 atom stereocenters. The van der Waals surface area contributed by atoms with Crippen LogP contribution in [0.2, 0.25) is 5.02 Å². The quantitative estimate of drug-likeness (QED) is 0.405. The van der Waals surface area contributed by atoms with Crippen molar-refractivity contribution in [3.63, 3.8) is 0 Å². The first-order valence-corrected chi connectivity index (χ1v) is 12.8. The second kappa shape index (κ2) is 11.2. The lowest BCUT2D eigenvalue weighted by molar-refractivity contribution is -0.114. The van der Waals surface area contributed by atoms with Crippen LogP contribution in [0.3, 0.4) is 0 Å². The molecule has 9 heteroatoms. The fourth-order valence-electron chi connectivity index (χ4n) is 3.21. The van der Waals surface area contributed by atoms with Crippen molar-refractivity contribution in [2.75, 3.05) is 29.0 Å². The lowest BCUT2D eigenvalue weighted by Crippen LogP contribution is -2.37. The molecule has 0 aromatic heterocycles. The average Bonchev–Trinajstić information content (AvgIpc) is 2.82. The summed E-state index contributed by atoms with van der Waals surface area (Å²) < 4.78 is 31.4. The summed E-state index contributed by atoms with van der Waals surface area (Å²) in [6.07, 6.45) is 1.87. The SMILES string of the molecule is CCCOc1ccc(N(CC(=O)Nc2ccc(Cl)cc2C(=O)c2ccccc2)S(C)(=O)=O)cc1. The maximum absolute atomic E-state index is 13.0. The molecule has 0 spiro atoms. The minimum atomic E-state index is -3.77. The summed E-state index contributed by atoms with van der Waals surface area (Å²) in [6, 6.07) is 19.6. The molecule has 0 saturated carbocycles. The molecule has 0 bridgehead atoms. The topological polar surface area (TPSA) is 92.8 Å². The van der Waals surface area contributed by atoms with Crippen molar-refractivity contribution < 1.29 is 22.7 Å². The van der Waals surface area contributed by atoms with Gasteiger partial charge in [0.05, 0.1) is 24.2 Å². The van der Waals surface area contributed by atoms with Gasteiger partial charge in [0.1, 0.15) is 12.3 Å². The van der Waals surface area contributed by atoms with Crippen molar-refractivity contribution in [1.82, 2.24) is 0 Å². The molecule has 0 aliphatic heterocycles. The minimum Gasteiger partial charge on any atom is -0.494 e. The number of nitrogens with zero attached hydrogens (tertiary/aromatic N) is 1. The molecule has 0 unspecified atom stereocenters. The fourth-order valence-corrected chi connectivity index (χ4v) is 4.24. The summed E-state index contributed by atoms with van der Waals surface area (Å²) in [6.45, 7) is 2.05. The van der Waals surface area contributed by atoms with Crippen LogP contribution in [0.4, 0.5) is 11.4 Å². The zero-order valence-electron chi connectivity index (χ0n) is 18.8. The Morgan fingerprint density at radius 1 is 1.00 bits per heavy atom. The van der Waals surface area contributed by atoms with Gasteiger partial charge in [0.25, 0.3) is 0 Å². The highest BCUT2D eigenvalue weighted by Crippen LogP contribution is 2.25. The van der Waals surface area contributed by atoms with Crippen LogP contribution in [0.25, 0.3) is 0 Å². The molecule has 0 radical (unpaired) electrons. The zero-order valence-corrected chi connectivity index (χ0v) is 20.4. The Balaban J connectivity index is 1.82. The standard InChI is InChI=1S/C25H25ClN2O5S/c1-3-15-33-21-12-10-20(11-13-21)28(34(2,31)32)17-24(29)27-23-14-9-19(26)16-22(23)25(30)18-7-5-4-6-8-18/h4-14,16H,3,15,17H2,1-2H3,(H,27,29). The smallest absolute Gasteiger partial charge is 0.245 e. The summed E-state index contributed by atoms with van der Waals surface area (Å²) in [4.78, 5) is 25.8. The highest BCUT2D eigenvalue weighted by Gasteiger charge is 2.22. The van der Waals surface area contributed by atoms with Crippen LogP contribution in [0.15, 0.2) is 72.8 Å². The van der Waals surface area contributed by atoms with Gasteiger partial charge in [0.15, 0.2) is 5.78 Å². The van der Waals surface area contributed by atoms with Gasteiger partial charge in [-0.05, 0) is 48.9 Å². The number of hydrogen-bond acceptors (Lipinski definition) is 5. The van der Waals surface area contributed by atoms with E-state index in [9.17, 15) is 18.0 Å². The molecule has 0 saturated heterocycles. The number of ketones is 1. The molecule has 34 heavy (non-hydrogen) atoms. The average molecular weight is 501 g/mol. The van der Waals surface area contributed by atoms with E-state index in [1.54, 1.807) is 60.7 Å². The van der Waals surface area contributed by atoms with Crippen molar-refractivity contribution in [2.24, 2.45) is 0 Å². The molecule has 7 nitrogen and oxygen atoms in total. The highest BCUT2D eigenvalue weighted by molar-refractivity contribution is 7.92. The predicted molar refractivity (Wildman–Crippen MR) is 134 cm³/mol. The second-order valence-corrected chi connectivity index (χ2v) is 9.89. The van der Waals surface area contributed by atoms with Crippen LogP contribution in [-0.4, -0.2) is 39.5 Å². The van der Waals surface area contributed by atoms with Gasteiger partial charge in [-0.3, -0.25) is 13.9 Å². The number of sulfonamides is 1. The Morgan fingerprint density at radius 2 is 1.68 bits per heavy atom. The summed E-state index contributed by atoms with van der Waals surface area (Å²) in [5, 5.41) is 2.98. The van der Waals surface area contributed by atoms with E-state index in [2.05, 4.69) is 5.32 Å². The lowest BCUT2D eigenvalue weighted by Gasteiger charge is -2.22. The number of ether oxygens (including phenoxy) is 1. The van der Waals surface area contributed by atoms with E-state index in [-0.39, 0.29) is 17.0 Å². The van der Waals surface area contributed by atoms with Gasteiger partial charge in [-0.1, -0.05) is 48.9 Å². The normalized spacial score (nSPS) is 11.0. The van der Waals surface area contributed by atoms with Crippen LogP contribution < -0.4 is 14.4 Å². The van der Waals surface area contributed by atoms with Crippen LogP contribution in [0.5, 0.6) is 5.75 Å². The van der Waals surface area contributed by atoms with Crippen LogP contribution in [0.1, 0.15) is 29.3 Å². The Morgan fingerprint density at radius 3 is 2.29 bits per heavy atom. The molecule has 0 heterocycles. The van der Waals surface area contributed by atoms with Crippen molar-refractivity contribution >= 4 is 44.7 Å². The van der Waals surface area contributed by atoms with Crippen molar-refractivity contribution in [3.8, 4) is 5.75 Å². The maximum Gasteiger partial charge on any atom is 0.245 e. The monoisotopic (exact) mass is 500 g/mol. The number of carbonyl (C=O) groups is 2. The molecule has 0 fully saturated rings. The van der Waals surface area contributed by atoms with Crippen LogP contribution in [0, 0.1) is 0 Å². The largest absolute Gasteiger partial charge is 0.494 e. The van der Waals surface area contributed by atoms with Gasteiger partial charge < -0.3 is 10.1 Å². The molecule has 3 aromatic rings. The molecule has 1 N–H and O–H groups in total. The first kappa shape index (κ1) is 25.3. The molecule has 3 rings (SSSR count). The van der Waals surface area contributed by atoms with Gasteiger partial charge >= 0.3 is 0 Å². The Hall–Kier alpha value is -3.36. The van der Waals surface area contributed by atoms with Gasteiger partial charge in [-0.25, -0.2) is 8.42 Å². The molecule has 0 aliphatic carbocycles. The molecule has 0 aliphatic rings. The van der Waals surface area contributed by atoms with E-state index in [1.807, 2.05) is 6.92 Å². The van der Waals surface area contributed by atoms with Gasteiger partial charge in [-0.15, -0.1) is 0 Å². The number of benzene rings is 3. The Kier molecular flexibility index (Phi) is 8.31. The number of rotatable bonds is 10. The van der Waals surface area contributed by atoms with E-state index in [4.69, 9.17) is 16.3 Å². The Bertz CT molecular complexity index is 1260. The Labute approximate surface area is 204 Å². The molecular weight excluding hydrogens is 476 g/mol. The highest BCUT2D eigenvalue weighted by atomic mass is 35.5. The van der Waals surface area contributed by atoms with E-state index >= 15 is 0 Å². The van der Waals surface area contributed by atoms with E-state index in [0.29, 0.717) is 28.6 Å². The third kappa shape index (κ3) is 6.59. The number of anilines is 2. The van der Waals surface area contributed by atoms with Crippen molar-refractivity contribution in [1.29, 1.82) is 0 Å². The third-order valence-electron chi connectivity index (χ3n) is 4.82.